The summed E-state index contributed by atoms with van der Waals surface area (Å²) in [7, 11) is 0. The number of rotatable bonds is 4. The molecule has 3 aromatic carbocycles. The summed E-state index contributed by atoms with van der Waals surface area (Å²) in [6.07, 6.45) is 1.47. The number of nitro groups is 1. The van der Waals surface area contributed by atoms with Gasteiger partial charge in [0.05, 0.1) is 26.1 Å². The van der Waals surface area contributed by atoms with Crippen LogP contribution in [0.1, 0.15) is 5.56 Å². The van der Waals surface area contributed by atoms with Gasteiger partial charge in [-0.2, -0.15) is 0 Å². The van der Waals surface area contributed by atoms with E-state index in [1.807, 2.05) is 0 Å². The van der Waals surface area contributed by atoms with E-state index in [1.54, 1.807) is 36.4 Å². The number of phenolic OH excluding ortho intramolecular Hbond substituents is 2. The molecule has 8 nitrogen and oxygen atoms in total. The Balaban J connectivity index is 1.67. The summed E-state index contributed by atoms with van der Waals surface area (Å²) in [5, 5.41) is 31.0. The lowest BCUT2D eigenvalue weighted by Gasteiger charge is -2.06. The predicted octanol–water partition coefficient (Wildman–Crippen LogP) is 5.82. The molecule has 0 saturated carbocycles. The summed E-state index contributed by atoms with van der Waals surface area (Å²) in [6.45, 7) is 0. The molecule has 4 rings (SSSR count). The standard InChI is InChI=1S/C20H12Br2N4O4/c21-14-7-11(18(27)17(22)19(14)28)9-23-12-4-5-15-16(8-12)25-20(24-15)10-2-1-3-13(6-10)26(29)30/h1-9,27-28H,(H,24,25)/b23-9+. The molecule has 0 spiro atoms. The number of hydrogen-bond donors (Lipinski definition) is 3. The van der Waals surface area contributed by atoms with E-state index in [-0.39, 0.29) is 21.7 Å². The minimum absolute atomic E-state index is 0.00993. The van der Waals surface area contributed by atoms with Crippen LogP contribution in [0, 0.1) is 10.1 Å². The van der Waals surface area contributed by atoms with Gasteiger partial charge in [0.15, 0.2) is 0 Å². The summed E-state index contributed by atoms with van der Waals surface area (Å²) in [6, 6.07) is 13.1. The number of aliphatic imine (C=N–C) groups is 1. The summed E-state index contributed by atoms with van der Waals surface area (Å²) in [5.74, 6) is 0.281. The zero-order chi connectivity index (χ0) is 21.4. The van der Waals surface area contributed by atoms with Crippen LogP contribution in [0.15, 0.2) is 62.5 Å². The first-order chi connectivity index (χ1) is 14.3. The highest BCUT2D eigenvalue weighted by molar-refractivity contribution is 9.11. The number of phenols is 2. The molecule has 0 saturated heterocycles. The number of nitrogens with one attached hydrogen (secondary N) is 1. The average Bonchev–Trinajstić information content (AvgIpc) is 3.17. The fraction of sp³-hybridized carbons (Fsp3) is 0. The van der Waals surface area contributed by atoms with Crippen molar-refractivity contribution in [3.63, 3.8) is 0 Å². The molecule has 3 N–H and O–H groups in total. The number of non-ortho nitro benzene ring substituents is 1. The van der Waals surface area contributed by atoms with Crippen LogP contribution in [0.2, 0.25) is 0 Å². The lowest BCUT2D eigenvalue weighted by molar-refractivity contribution is -0.384. The van der Waals surface area contributed by atoms with Crippen LogP contribution in [0.25, 0.3) is 22.4 Å². The summed E-state index contributed by atoms with van der Waals surface area (Å²) in [4.78, 5) is 22.6. The fourth-order valence-corrected chi connectivity index (χ4v) is 3.99. The summed E-state index contributed by atoms with van der Waals surface area (Å²) in [5.41, 5.74) is 3.00. The van der Waals surface area contributed by atoms with Crippen molar-refractivity contribution in [2.24, 2.45) is 4.99 Å². The van der Waals surface area contributed by atoms with E-state index in [2.05, 4.69) is 46.8 Å². The lowest BCUT2D eigenvalue weighted by Crippen LogP contribution is -1.88. The van der Waals surface area contributed by atoms with Gasteiger partial charge in [0.25, 0.3) is 5.69 Å². The van der Waals surface area contributed by atoms with E-state index in [0.29, 0.717) is 32.6 Å². The van der Waals surface area contributed by atoms with Crippen LogP contribution in [-0.2, 0) is 0 Å². The molecule has 0 radical (unpaired) electrons. The third kappa shape index (κ3) is 3.79. The lowest BCUT2D eigenvalue weighted by atomic mass is 10.2. The highest BCUT2D eigenvalue weighted by Gasteiger charge is 2.13. The Hall–Kier alpha value is -3.24. The Morgan fingerprint density at radius 3 is 2.67 bits per heavy atom. The van der Waals surface area contributed by atoms with Gasteiger partial charge in [-0.05, 0) is 56.1 Å². The van der Waals surface area contributed by atoms with Gasteiger partial charge in [0.2, 0.25) is 0 Å². The first-order valence-electron chi connectivity index (χ1n) is 8.52. The van der Waals surface area contributed by atoms with Crippen LogP contribution in [0.4, 0.5) is 11.4 Å². The number of hydrogen-bond acceptors (Lipinski definition) is 6. The Morgan fingerprint density at radius 1 is 1.10 bits per heavy atom. The molecule has 0 atom stereocenters. The number of aromatic amines is 1. The molecular formula is C20H12Br2N4O4. The molecule has 1 heterocycles. The van der Waals surface area contributed by atoms with Gasteiger partial charge in [-0.15, -0.1) is 0 Å². The molecule has 150 valence electrons. The first-order valence-corrected chi connectivity index (χ1v) is 10.1. The highest BCUT2D eigenvalue weighted by Crippen LogP contribution is 2.40. The number of benzene rings is 3. The van der Waals surface area contributed by atoms with E-state index >= 15 is 0 Å². The zero-order valence-corrected chi connectivity index (χ0v) is 18.2. The molecule has 0 aliphatic carbocycles. The van der Waals surface area contributed by atoms with Gasteiger partial charge in [0, 0.05) is 29.5 Å². The van der Waals surface area contributed by atoms with Gasteiger partial charge < -0.3 is 15.2 Å². The third-order valence-corrected chi connectivity index (χ3v) is 5.70. The maximum absolute atomic E-state index is 11.0. The number of halogens is 2. The van der Waals surface area contributed by atoms with Gasteiger partial charge in [0.1, 0.15) is 21.8 Å². The van der Waals surface area contributed by atoms with E-state index in [1.165, 1.54) is 18.3 Å². The zero-order valence-electron chi connectivity index (χ0n) is 15.0. The van der Waals surface area contributed by atoms with E-state index in [4.69, 9.17) is 0 Å². The largest absolute Gasteiger partial charge is 0.506 e. The molecule has 0 fully saturated rings. The molecule has 0 amide bonds. The van der Waals surface area contributed by atoms with Crippen LogP contribution < -0.4 is 0 Å². The number of nitrogens with zero attached hydrogens (tertiary/aromatic N) is 3. The molecule has 30 heavy (non-hydrogen) atoms. The second kappa shape index (κ2) is 7.88. The molecule has 1 aromatic heterocycles. The predicted molar refractivity (Wildman–Crippen MR) is 121 cm³/mol. The second-order valence-corrected chi connectivity index (χ2v) is 7.96. The number of H-pyrrole nitrogens is 1. The molecule has 10 heteroatoms. The Labute approximate surface area is 186 Å². The van der Waals surface area contributed by atoms with Crippen LogP contribution in [-0.4, -0.2) is 31.3 Å². The third-order valence-electron chi connectivity index (χ3n) is 4.35. The summed E-state index contributed by atoms with van der Waals surface area (Å²) < 4.78 is 0.584. The number of imidazole rings is 1. The van der Waals surface area contributed by atoms with Crippen molar-refractivity contribution in [3.05, 3.63) is 73.2 Å². The normalized spacial score (nSPS) is 11.4. The summed E-state index contributed by atoms with van der Waals surface area (Å²) >= 11 is 6.35. The van der Waals surface area contributed by atoms with Crippen molar-refractivity contribution in [2.45, 2.75) is 0 Å². The van der Waals surface area contributed by atoms with Crippen molar-refractivity contribution >= 4 is 60.5 Å². The highest BCUT2D eigenvalue weighted by atomic mass is 79.9. The van der Waals surface area contributed by atoms with Crippen molar-refractivity contribution in [3.8, 4) is 22.9 Å². The monoisotopic (exact) mass is 530 g/mol. The molecular weight excluding hydrogens is 520 g/mol. The molecule has 0 aliphatic heterocycles. The average molecular weight is 532 g/mol. The second-order valence-electron chi connectivity index (χ2n) is 6.31. The number of fused-ring (bicyclic) bond motifs is 1. The molecule has 0 unspecified atom stereocenters. The Morgan fingerprint density at radius 2 is 1.90 bits per heavy atom. The SMILES string of the molecule is O=[N+]([O-])c1cccc(-c2nc3cc(/N=C/c4cc(Br)c(O)c(Br)c4O)ccc3[nH]2)c1. The Bertz CT molecular complexity index is 1330. The fourth-order valence-electron chi connectivity index (χ4n) is 2.84. The van der Waals surface area contributed by atoms with Crippen molar-refractivity contribution in [1.82, 2.24) is 9.97 Å². The van der Waals surface area contributed by atoms with Crippen molar-refractivity contribution in [1.29, 1.82) is 0 Å². The Kier molecular flexibility index (Phi) is 5.27. The number of aromatic hydroxyl groups is 2. The minimum atomic E-state index is -0.450. The maximum atomic E-state index is 11.0. The van der Waals surface area contributed by atoms with Gasteiger partial charge >= 0.3 is 0 Å². The molecule has 0 aliphatic rings. The number of nitro benzene ring substituents is 1. The molecule has 4 aromatic rings. The molecule has 0 bridgehead atoms. The van der Waals surface area contributed by atoms with Gasteiger partial charge in [-0.3, -0.25) is 15.1 Å². The maximum Gasteiger partial charge on any atom is 0.270 e. The van der Waals surface area contributed by atoms with Crippen molar-refractivity contribution < 1.29 is 15.1 Å². The van der Waals surface area contributed by atoms with Gasteiger partial charge in [-0.25, -0.2) is 4.98 Å². The van der Waals surface area contributed by atoms with Crippen LogP contribution in [0.3, 0.4) is 0 Å². The minimum Gasteiger partial charge on any atom is -0.506 e. The smallest absolute Gasteiger partial charge is 0.270 e. The van der Waals surface area contributed by atoms with Crippen LogP contribution in [0.5, 0.6) is 11.5 Å². The first kappa shape index (κ1) is 20.0. The van der Waals surface area contributed by atoms with Gasteiger partial charge in [-0.1, -0.05) is 12.1 Å². The van der Waals surface area contributed by atoms with E-state index < -0.39 is 4.92 Å². The topological polar surface area (TPSA) is 125 Å². The van der Waals surface area contributed by atoms with E-state index in [9.17, 15) is 20.3 Å². The van der Waals surface area contributed by atoms with Crippen molar-refractivity contribution in [2.75, 3.05) is 0 Å². The quantitative estimate of drug-likeness (QED) is 0.174. The van der Waals surface area contributed by atoms with Crippen LogP contribution >= 0.6 is 31.9 Å². The van der Waals surface area contributed by atoms with E-state index in [0.717, 1.165) is 5.52 Å². The number of aromatic nitrogens is 2.